The molecule has 0 saturated carbocycles. The SMILES string of the molecule is CO[C@H]1C=CC2=CCN3CC[C@@H]4COC(=O)C=C4[C@]23C1.Cl. The van der Waals surface area contributed by atoms with Crippen LogP contribution in [-0.4, -0.2) is 49.3 Å². The van der Waals surface area contributed by atoms with Crippen molar-refractivity contribution < 1.29 is 14.3 Å². The van der Waals surface area contributed by atoms with Gasteiger partial charge in [-0.1, -0.05) is 18.2 Å². The first-order chi connectivity index (χ1) is 9.74. The van der Waals surface area contributed by atoms with E-state index in [0.717, 1.165) is 25.9 Å². The zero-order chi connectivity index (χ0) is 13.7. The van der Waals surface area contributed by atoms with E-state index in [-0.39, 0.29) is 30.0 Å². The lowest BCUT2D eigenvalue weighted by molar-refractivity contribution is -0.141. The number of hydrogen-bond donors (Lipinski definition) is 0. The van der Waals surface area contributed by atoms with Crippen molar-refractivity contribution in [1.82, 2.24) is 4.90 Å². The highest BCUT2D eigenvalue weighted by atomic mass is 35.5. The minimum absolute atomic E-state index is 0. The molecule has 114 valence electrons. The Hall–Kier alpha value is -1.10. The number of fused-ring (bicyclic) bond motifs is 1. The first kappa shape index (κ1) is 14.8. The molecule has 1 aliphatic carbocycles. The van der Waals surface area contributed by atoms with Crippen LogP contribution in [0, 0.1) is 5.92 Å². The van der Waals surface area contributed by atoms with Crippen LogP contribution >= 0.6 is 12.4 Å². The Morgan fingerprint density at radius 2 is 2.33 bits per heavy atom. The number of methoxy groups -OCH3 is 1. The summed E-state index contributed by atoms with van der Waals surface area (Å²) >= 11 is 0. The molecule has 0 aromatic rings. The van der Waals surface area contributed by atoms with Crippen LogP contribution in [0.3, 0.4) is 0 Å². The predicted octanol–water partition coefficient (Wildman–Crippen LogP) is 1.87. The summed E-state index contributed by atoms with van der Waals surface area (Å²) in [6, 6.07) is 0. The van der Waals surface area contributed by atoms with E-state index in [4.69, 9.17) is 9.47 Å². The zero-order valence-corrected chi connectivity index (χ0v) is 12.9. The van der Waals surface area contributed by atoms with Gasteiger partial charge in [-0.25, -0.2) is 4.79 Å². The van der Waals surface area contributed by atoms with Gasteiger partial charge in [-0.2, -0.15) is 0 Å². The Labute approximate surface area is 130 Å². The standard InChI is InChI=1S/C16H19NO3.ClH/c1-19-13-3-2-12-5-7-17-6-4-11-10-20-15(18)8-14(11)16(12,17)9-13;/h2-3,5,8,11,13H,4,6-7,9-10H2,1H3;1H/t11-,13+,16+;/m1./s1. The average Bonchev–Trinajstić information content (AvgIpc) is 2.86. The number of ether oxygens (including phenoxy) is 2. The number of nitrogens with zero attached hydrogens (tertiary/aromatic N) is 1. The Morgan fingerprint density at radius 3 is 3.14 bits per heavy atom. The van der Waals surface area contributed by atoms with E-state index < -0.39 is 0 Å². The number of halogens is 1. The molecule has 4 nitrogen and oxygen atoms in total. The molecule has 0 aromatic carbocycles. The third-order valence-corrected chi connectivity index (χ3v) is 5.20. The number of rotatable bonds is 1. The number of esters is 1. The van der Waals surface area contributed by atoms with Gasteiger partial charge in [0.15, 0.2) is 0 Å². The van der Waals surface area contributed by atoms with Crippen molar-refractivity contribution in [2.45, 2.75) is 24.5 Å². The second-order valence-corrected chi connectivity index (χ2v) is 6.02. The molecule has 3 aliphatic heterocycles. The molecule has 0 N–H and O–H groups in total. The molecule has 3 atom stereocenters. The summed E-state index contributed by atoms with van der Waals surface area (Å²) in [6.45, 7) is 2.56. The third kappa shape index (κ3) is 2.00. The molecule has 4 rings (SSSR count). The van der Waals surface area contributed by atoms with Crippen LogP contribution in [0.2, 0.25) is 0 Å². The molecule has 0 unspecified atom stereocenters. The third-order valence-electron chi connectivity index (χ3n) is 5.20. The van der Waals surface area contributed by atoms with E-state index in [1.807, 2.05) is 0 Å². The molecule has 3 heterocycles. The summed E-state index contributed by atoms with van der Waals surface area (Å²) in [6.07, 6.45) is 10.4. The minimum Gasteiger partial charge on any atom is -0.462 e. The smallest absolute Gasteiger partial charge is 0.330 e. The lowest BCUT2D eigenvalue weighted by Crippen LogP contribution is -2.57. The summed E-state index contributed by atoms with van der Waals surface area (Å²) in [5.74, 6) is 0.178. The maximum absolute atomic E-state index is 11.7. The number of hydrogen-bond acceptors (Lipinski definition) is 4. The van der Waals surface area contributed by atoms with Gasteiger partial charge in [0.1, 0.15) is 0 Å². The second kappa shape index (κ2) is 5.27. The summed E-state index contributed by atoms with van der Waals surface area (Å²) in [4.78, 5) is 14.2. The molecule has 0 radical (unpaired) electrons. The van der Waals surface area contributed by atoms with E-state index >= 15 is 0 Å². The van der Waals surface area contributed by atoms with Crippen LogP contribution in [0.4, 0.5) is 0 Å². The van der Waals surface area contributed by atoms with Crippen LogP contribution in [0.15, 0.2) is 35.5 Å². The lowest BCUT2D eigenvalue weighted by Gasteiger charge is -2.52. The van der Waals surface area contributed by atoms with E-state index in [0.29, 0.717) is 12.5 Å². The van der Waals surface area contributed by atoms with Crippen LogP contribution in [0.5, 0.6) is 0 Å². The second-order valence-electron chi connectivity index (χ2n) is 6.02. The molecule has 1 saturated heterocycles. The molecular weight excluding hydrogens is 290 g/mol. The van der Waals surface area contributed by atoms with E-state index in [1.165, 1.54) is 11.1 Å². The van der Waals surface area contributed by atoms with Gasteiger partial charge in [-0.05, 0) is 17.6 Å². The van der Waals surface area contributed by atoms with Crippen LogP contribution in [0.25, 0.3) is 0 Å². The van der Waals surface area contributed by atoms with Crippen LogP contribution < -0.4 is 0 Å². The van der Waals surface area contributed by atoms with E-state index in [9.17, 15) is 4.79 Å². The Balaban J connectivity index is 0.00000132. The molecule has 1 spiro atoms. The molecule has 4 aliphatic rings. The van der Waals surface area contributed by atoms with Gasteiger partial charge in [-0.3, -0.25) is 4.90 Å². The fourth-order valence-corrected chi connectivity index (χ4v) is 4.22. The van der Waals surface area contributed by atoms with Crippen LogP contribution in [-0.2, 0) is 14.3 Å². The van der Waals surface area contributed by atoms with Crippen molar-refractivity contribution in [2.24, 2.45) is 5.92 Å². The van der Waals surface area contributed by atoms with Crippen molar-refractivity contribution in [1.29, 1.82) is 0 Å². The van der Waals surface area contributed by atoms with E-state index in [1.54, 1.807) is 13.2 Å². The predicted molar refractivity (Wildman–Crippen MR) is 81.3 cm³/mol. The molecule has 5 heteroatoms. The Kier molecular flexibility index (Phi) is 3.72. The fraction of sp³-hybridized carbons (Fsp3) is 0.562. The Morgan fingerprint density at radius 1 is 1.48 bits per heavy atom. The molecule has 0 aromatic heterocycles. The maximum atomic E-state index is 11.7. The number of carbonyl (C=O) groups excluding carboxylic acids is 1. The highest BCUT2D eigenvalue weighted by Crippen LogP contribution is 2.51. The first-order valence-electron chi connectivity index (χ1n) is 7.29. The van der Waals surface area contributed by atoms with Gasteiger partial charge < -0.3 is 9.47 Å². The van der Waals surface area contributed by atoms with Crippen molar-refractivity contribution in [3.8, 4) is 0 Å². The van der Waals surface area contributed by atoms with Gasteiger partial charge in [0.2, 0.25) is 0 Å². The summed E-state index contributed by atoms with van der Waals surface area (Å²) in [7, 11) is 1.75. The Bertz CT molecular complexity index is 554. The zero-order valence-electron chi connectivity index (χ0n) is 12.1. The average molecular weight is 310 g/mol. The van der Waals surface area contributed by atoms with Crippen molar-refractivity contribution >= 4 is 18.4 Å². The topological polar surface area (TPSA) is 38.8 Å². The highest BCUT2D eigenvalue weighted by molar-refractivity contribution is 5.85. The number of cyclic esters (lactones) is 1. The molecule has 1 fully saturated rings. The van der Waals surface area contributed by atoms with Crippen molar-refractivity contribution in [3.05, 3.63) is 35.5 Å². The monoisotopic (exact) mass is 309 g/mol. The minimum atomic E-state index is -0.192. The number of carbonyl (C=O) groups is 1. The summed E-state index contributed by atoms with van der Waals surface area (Å²) in [5, 5.41) is 0. The molecule has 0 bridgehead atoms. The maximum Gasteiger partial charge on any atom is 0.330 e. The normalized spacial score (nSPS) is 37.5. The number of piperidine rings is 1. The molecule has 0 amide bonds. The van der Waals surface area contributed by atoms with Gasteiger partial charge >= 0.3 is 5.97 Å². The molecule has 21 heavy (non-hydrogen) atoms. The largest absolute Gasteiger partial charge is 0.462 e. The van der Waals surface area contributed by atoms with Crippen molar-refractivity contribution in [3.63, 3.8) is 0 Å². The van der Waals surface area contributed by atoms with Crippen molar-refractivity contribution in [2.75, 3.05) is 26.8 Å². The first-order valence-corrected chi connectivity index (χ1v) is 7.29. The highest BCUT2D eigenvalue weighted by Gasteiger charge is 2.53. The quantitative estimate of drug-likeness (QED) is 0.693. The van der Waals surface area contributed by atoms with E-state index in [2.05, 4.69) is 23.1 Å². The van der Waals surface area contributed by atoms with Gasteiger partial charge in [0.25, 0.3) is 0 Å². The molecular formula is C16H20ClNO3. The summed E-state index contributed by atoms with van der Waals surface area (Å²) in [5.41, 5.74) is 2.45. The summed E-state index contributed by atoms with van der Waals surface area (Å²) < 4.78 is 10.8. The fourth-order valence-electron chi connectivity index (χ4n) is 4.22. The van der Waals surface area contributed by atoms with Gasteiger partial charge in [0.05, 0.1) is 18.2 Å². The van der Waals surface area contributed by atoms with Gasteiger partial charge in [0, 0.05) is 38.6 Å². The van der Waals surface area contributed by atoms with Gasteiger partial charge in [-0.15, -0.1) is 12.4 Å². The lowest BCUT2D eigenvalue weighted by atomic mass is 9.67. The van der Waals surface area contributed by atoms with Crippen LogP contribution in [0.1, 0.15) is 12.8 Å².